The maximum absolute atomic E-state index is 10.8. The number of phenols is 1. The second-order valence-corrected chi connectivity index (χ2v) is 7.73. The molecule has 1 aliphatic rings. The van der Waals surface area contributed by atoms with E-state index in [2.05, 4.69) is 6.07 Å². The first kappa shape index (κ1) is 19.9. The minimum atomic E-state index is -0.0760. The number of hydrogen-bond donors (Lipinski definition) is 1. The summed E-state index contributed by atoms with van der Waals surface area (Å²) in [5.74, 6) is 1.84. The minimum Gasteiger partial charge on any atom is -0.507 e. The van der Waals surface area contributed by atoms with Crippen LogP contribution in [-0.2, 0) is 0 Å². The lowest BCUT2D eigenvalue weighted by atomic mass is 9.94. The second kappa shape index (κ2) is 8.27. The summed E-state index contributed by atoms with van der Waals surface area (Å²) >= 11 is 0. The van der Waals surface area contributed by atoms with E-state index in [1.807, 2.05) is 77.8 Å². The van der Waals surface area contributed by atoms with Crippen molar-refractivity contribution in [2.75, 3.05) is 19.2 Å². The molecule has 0 spiro atoms. The van der Waals surface area contributed by atoms with Gasteiger partial charge in [0.15, 0.2) is 0 Å². The Morgan fingerprint density at radius 2 is 1.59 bits per heavy atom. The van der Waals surface area contributed by atoms with Crippen LogP contribution in [0.25, 0.3) is 10.8 Å². The first-order valence-electron chi connectivity index (χ1n) is 10.5. The predicted molar refractivity (Wildman–Crippen MR) is 128 cm³/mol. The molecule has 0 radical (unpaired) electrons. The lowest BCUT2D eigenvalue weighted by Crippen LogP contribution is -2.19. The molecule has 4 aromatic carbocycles. The van der Waals surface area contributed by atoms with E-state index < -0.39 is 0 Å². The lowest BCUT2D eigenvalue weighted by molar-refractivity contribution is 0.405. The molecule has 0 amide bonds. The van der Waals surface area contributed by atoms with E-state index in [0.29, 0.717) is 6.42 Å². The Kier molecular flexibility index (Phi) is 5.15. The zero-order chi connectivity index (χ0) is 22.1. The molecule has 1 unspecified atom stereocenters. The zero-order valence-electron chi connectivity index (χ0n) is 18.0. The van der Waals surface area contributed by atoms with Crippen molar-refractivity contribution >= 4 is 22.2 Å². The molecule has 1 atom stereocenters. The quantitative estimate of drug-likeness (QED) is 0.432. The van der Waals surface area contributed by atoms with Crippen molar-refractivity contribution < 1.29 is 14.6 Å². The summed E-state index contributed by atoms with van der Waals surface area (Å²) in [5.41, 5.74) is 3.60. The van der Waals surface area contributed by atoms with Crippen molar-refractivity contribution in [3.63, 3.8) is 0 Å². The fourth-order valence-corrected chi connectivity index (χ4v) is 4.38. The van der Waals surface area contributed by atoms with Crippen LogP contribution in [0.3, 0.4) is 0 Å². The van der Waals surface area contributed by atoms with Crippen LogP contribution < -0.4 is 14.5 Å². The highest BCUT2D eigenvalue weighted by atomic mass is 16.5. The number of hydrogen-bond acceptors (Lipinski definition) is 5. The van der Waals surface area contributed by atoms with Crippen molar-refractivity contribution in [1.82, 2.24) is 0 Å². The Morgan fingerprint density at radius 1 is 0.844 bits per heavy atom. The third-order valence-corrected chi connectivity index (χ3v) is 5.94. The Bertz CT molecular complexity index is 1300. The molecule has 0 saturated heterocycles. The molecule has 0 saturated carbocycles. The molecule has 0 bridgehead atoms. The molecular weight excluding hydrogens is 400 g/mol. The Morgan fingerprint density at radius 3 is 2.38 bits per heavy atom. The molecule has 0 aromatic heterocycles. The number of para-hydroxylation sites is 1. The molecule has 0 fully saturated rings. The first-order chi connectivity index (χ1) is 15.7. The standard InChI is InChI=1S/C27H24N2O3/c1-31-20-14-12-19(13-15-20)29-24(22-9-5-6-10-26(22)32-2)17-23(28-29)27-21-8-4-3-7-18(21)11-16-25(27)30/h3-16,24,30H,17H2,1-2H3. The number of hydrazone groups is 1. The van der Waals surface area contributed by atoms with Gasteiger partial charge in [-0.25, -0.2) is 0 Å². The predicted octanol–water partition coefficient (Wildman–Crippen LogP) is 5.92. The summed E-state index contributed by atoms with van der Waals surface area (Å²) in [6, 6.07) is 27.5. The molecule has 32 heavy (non-hydrogen) atoms. The van der Waals surface area contributed by atoms with Gasteiger partial charge in [0, 0.05) is 17.5 Å². The number of anilines is 1. The van der Waals surface area contributed by atoms with E-state index >= 15 is 0 Å². The van der Waals surface area contributed by atoms with Gasteiger partial charge in [0.2, 0.25) is 0 Å². The van der Waals surface area contributed by atoms with Crippen LogP contribution in [0.4, 0.5) is 5.69 Å². The maximum Gasteiger partial charge on any atom is 0.125 e. The van der Waals surface area contributed by atoms with E-state index in [1.165, 1.54) is 0 Å². The number of benzene rings is 4. The van der Waals surface area contributed by atoms with Gasteiger partial charge in [-0.05, 0) is 47.2 Å². The highest BCUT2D eigenvalue weighted by molar-refractivity contribution is 6.14. The summed E-state index contributed by atoms with van der Waals surface area (Å²) in [7, 11) is 3.34. The largest absolute Gasteiger partial charge is 0.507 e. The third-order valence-electron chi connectivity index (χ3n) is 5.94. The molecule has 160 valence electrons. The van der Waals surface area contributed by atoms with Crippen molar-refractivity contribution in [2.45, 2.75) is 12.5 Å². The number of methoxy groups -OCH3 is 2. The molecular formula is C27H24N2O3. The van der Waals surface area contributed by atoms with Gasteiger partial charge in [0.25, 0.3) is 0 Å². The van der Waals surface area contributed by atoms with Crippen LogP contribution in [-0.4, -0.2) is 25.0 Å². The summed E-state index contributed by atoms with van der Waals surface area (Å²) < 4.78 is 11.0. The molecule has 1 heterocycles. The molecule has 4 aromatic rings. The molecule has 5 rings (SSSR count). The highest BCUT2D eigenvalue weighted by Gasteiger charge is 2.33. The van der Waals surface area contributed by atoms with E-state index in [4.69, 9.17) is 14.6 Å². The SMILES string of the molecule is COc1ccc(N2N=C(c3c(O)ccc4ccccc34)CC2c2ccccc2OC)cc1. The normalized spacial score (nSPS) is 15.6. The topological polar surface area (TPSA) is 54.3 Å². The number of rotatable bonds is 5. The van der Waals surface area contributed by atoms with Gasteiger partial charge in [0.1, 0.15) is 17.2 Å². The molecule has 1 N–H and O–H groups in total. The average molecular weight is 425 g/mol. The first-order valence-corrected chi connectivity index (χ1v) is 10.5. The van der Waals surface area contributed by atoms with Gasteiger partial charge >= 0.3 is 0 Å². The van der Waals surface area contributed by atoms with Crippen LogP contribution >= 0.6 is 0 Å². The van der Waals surface area contributed by atoms with E-state index in [9.17, 15) is 5.11 Å². The lowest BCUT2D eigenvalue weighted by Gasteiger charge is -2.25. The Labute approximate surface area is 187 Å². The average Bonchev–Trinajstić information content (AvgIpc) is 3.28. The van der Waals surface area contributed by atoms with Crippen LogP contribution in [0.2, 0.25) is 0 Å². The van der Waals surface area contributed by atoms with Gasteiger partial charge in [0.05, 0.1) is 31.7 Å². The molecule has 5 nitrogen and oxygen atoms in total. The summed E-state index contributed by atoms with van der Waals surface area (Å²) in [4.78, 5) is 0. The number of fused-ring (bicyclic) bond motifs is 1. The fraction of sp³-hybridized carbons (Fsp3) is 0.148. The van der Waals surface area contributed by atoms with Crippen LogP contribution in [0.5, 0.6) is 17.2 Å². The second-order valence-electron chi connectivity index (χ2n) is 7.73. The number of nitrogens with zero attached hydrogens (tertiary/aromatic N) is 2. The summed E-state index contributed by atoms with van der Waals surface area (Å²) in [6.07, 6.45) is 0.633. The molecule has 0 aliphatic carbocycles. The van der Waals surface area contributed by atoms with Crippen LogP contribution in [0.15, 0.2) is 90.0 Å². The highest BCUT2D eigenvalue weighted by Crippen LogP contribution is 2.42. The molecule has 5 heteroatoms. The monoisotopic (exact) mass is 424 g/mol. The van der Waals surface area contributed by atoms with Crippen LogP contribution in [0.1, 0.15) is 23.6 Å². The van der Waals surface area contributed by atoms with Crippen molar-refractivity contribution in [3.05, 3.63) is 96.1 Å². The van der Waals surface area contributed by atoms with Crippen LogP contribution in [0, 0.1) is 0 Å². The van der Waals surface area contributed by atoms with Gasteiger partial charge < -0.3 is 14.6 Å². The third kappa shape index (κ3) is 3.42. The van der Waals surface area contributed by atoms with Crippen molar-refractivity contribution in [3.8, 4) is 17.2 Å². The number of aromatic hydroxyl groups is 1. The van der Waals surface area contributed by atoms with E-state index in [1.54, 1.807) is 20.3 Å². The van der Waals surface area contributed by atoms with Gasteiger partial charge in [-0.1, -0.05) is 48.5 Å². The fourth-order valence-electron chi connectivity index (χ4n) is 4.38. The minimum absolute atomic E-state index is 0.0760. The zero-order valence-corrected chi connectivity index (χ0v) is 18.0. The van der Waals surface area contributed by atoms with Crippen molar-refractivity contribution in [2.24, 2.45) is 5.10 Å². The van der Waals surface area contributed by atoms with Gasteiger partial charge in [-0.3, -0.25) is 5.01 Å². The smallest absolute Gasteiger partial charge is 0.125 e. The molecule has 1 aliphatic heterocycles. The van der Waals surface area contributed by atoms with Crippen molar-refractivity contribution in [1.29, 1.82) is 0 Å². The maximum atomic E-state index is 10.8. The van der Waals surface area contributed by atoms with E-state index in [-0.39, 0.29) is 11.8 Å². The summed E-state index contributed by atoms with van der Waals surface area (Å²) in [6.45, 7) is 0. The number of ether oxygens (including phenoxy) is 2. The van der Waals surface area contributed by atoms with Gasteiger partial charge in [-0.2, -0.15) is 5.10 Å². The Balaban J connectivity index is 1.66. The van der Waals surface area contributed by atoms with E-state index in [0.717, 1.165) is 44.8 Å². The Hall–Kier alpha value is -3.99. The number of phenolic OH excluding ortho intramolecular Hbond substituents is 1. The summed E-state index contributed by atoms with van der Waals surface area (Å²) in [5, 5.41) is 19.9. The van der Waals surface area contributed by atoms with Gasteiger partial charge in [-0.15, -0.1) is 0 Å².